The Morgan fingerprint density at radius 3 is 2.62 bits per heavy atom. The summed E-state index contributed by atoms with van der Waals surface area (Å²) < 4.78 is 0. The molecule has 114 valence electrons. The maximum absolute atomic E-state index is 11.1. The van der Waals surface area contributed by atoms with Gasteiger partial charge in [0.2, 0.25) is 5.82 Å². The van der Waals surface area contributed by atoms with Gasteiger partial charge in [-0.05, 0) is 18.9 Å². The first-order valence-electron chi connectivity index (χ1n) is 6.65. The molecular weight excluding hydrogens is 278 g/mol. The minimum Gasteiger partial charge on any atom is -0.477 e. The quantitative estimate of drug-likeness (QED) is 0.623. The number of carboxylic acid groups (broad SMARTS) is 1. The number of pyridine rings is 1. The molecule has 1 aromatic rings. The zero-order valence-electron chi connectivity index (χ0n) is 11.7. The van der Waals surface area contributed by atoms with Crippen LogP contribution >= 0.6 is 0 Å². The van der Waals surface area contributed by atoms with E-state index in [0.29, 0.717) is 12.8 Å². The summed E-state index contributed by atoms with van der Waals surface area (Å²) in [6.45, 7) is 0.184. The van der Waals surface area contributed by atoms with Crippen molar-refractivity contribution in [2.75, 3.05) is 18.5 Å². The fraction of sp³-hybridized carbons (Fsp3) is 0.538. The molecule has 0 atom stereocenters. The van der Waals surface area contributed by atoms with Crippen LogP contribution in [0.15, 0.2) is 12.1 Å². The second-order valence-corrected chi connectivity index (χ2v) is 5.39. The number of hydrogen-bond donors (Lipinski definition) is 2. The summed E-state index contributed by atoms with van der Waals surface area (Å²) in [5.41, 5.74) is -1.44. The van der Waals surface area contributed by atoms with Crippen LogP contribution in [0.1, 0.15) is 36.2 Å². The van der Waals surface area contributed by atoms with Crippen LogP contribution in [0.3, 0.4) is 0 Å². The smallest absolute Gasteiger partial charge is 0.354 e. The summed E-state index contributed by atoms with van der Waals surface area (Å²) in [5, 5.41) is 30.4. The standard InChI is InChI=1S/C13H17N3O5/c1-15(8-13(19)6-2-3-7-13)11-10(16(20)21)5-4-9(14-11)12(17)18/h4-5,19H,2-3,6-8H2,1H3,(H,17,18). The third-order valence-corrected chi connectivity index (χ3v) is 3.70. The van der Waals surface area contributed by atoms with Crippen LogP contribution in [0.5, 0.6) is 0 Å². The zero-order chi connectivity index (χ0) is 15.6. The lowest BCUT2D eigenvalue weighted by molar-refractivity contribution is -0.384. The van der Waals surface area contributed by atoms with Crippen LogP contribution in [0.25, 0.3) is 0 Å². The first-order valence-corrected chi connectivity index (χ1v) is 6.65. The number of hydrogen-bond acceptors (Lipinski definition) is 6. The molecule has 8 heteroatoms. The van der Waals surface area contributed by atoms with Crippen molar-refractivity contribution in [3.05, 3.63) is 27.9 Å². The normalized spacial score (nSPS) is 16.7. The highest BCUT2D eigenvalue weighted by molar-refractivity contribution is 5.86. The van der Waals surface area contributed by atoms with E-state index in [-0.39, 0.29) is 23.7 Å². The van der Waals surface area contributed by atoms with E-state index in [0.717, 1.165) is 25.0 Å². The van der Waals surface area contributed by atoms with E-state index in [1.165, 1.54) is 4.90 Å². The lowest BCUT2D eigenvalue weighted by Crippen LogP contribution is -2.39. The largest absolute Gasteiger partial charge is 0.477 e. The summed E-state index contributed by atoms with van der Waals surface area (Å²) in [6, 6.07) is 2.23. The number of nitrogens with zero attached hydrogens (tertiary/aromatic N) is 3. The molecule has 1 aliphatic carbocycles. The van der Waals surface area contributed by atoms with Gasteiger partial charge in [-0.2, -0.15) is 0 Å². The Balaban J connectivity index is 2.32. The minimum absolute atomic E-state index is 0.0415. The Morgan fingerprint density at radius 2 is 2.10 bits per heavy atom. The van der Waals surface area contributed by atoms with Crippen molar-refractivity contribution < 1.29 is 19.9 Å². The molecule has 21 heavy (non-hydrogen) atoms. The fourth-order valence-electron chi connectivity index (χ4n) is 2.69. The Labute approximate surface area is 121 Å². The Bertz CT molecular complexity index is 569. The van der Waals surface area contributed by atoms with E-state index in [1.807, 2.05) is 0 Å². The van der Waals surface area contributed by atoms with Crippen molar-refractivity contribution in [3.8, 4) is 0 Å². The third-order valence-electron chi connectivity index (χ3n) is 3.70. The number of anilines is 1. The van der Waals surface area contributed by atoms with Crippen molar-refractivity contribution in [3.63, 3.8) is 0 Å². The summed E-state index contributed by atoms with van der Waals surface area (Å²) >= 11 is 0. The number of aromatic nitrogens is 1. The van der Waals surface area contributed by atoms with Crippen molar-refractivity contribution in [2.45, 2.75) is 31.3 Å². The number of likely N-dealkylation sites (N-methyl/N-ethyl adjacent to an activating group) is 1. The molecule has 0 aromatic carbocycles. The Hall–Kier alpha value is -2.22. The molecule has 1 fully saturated rings. The second kappa shape index (κ2) is 5.65. The topological polar surface area (TPSA) is 117 Å². The van der Waals surface area contributed by atoms with Crippen LogP contribution in [0.2, 0.25) is 0 Å². The van der Waals surface area contributed by atoms with E-state index in [1.54, 1.807) is 7.05 Å². The maximum Gasteiger partial charge on any atom is 0.354 e. The zero-order valence-corrected chi connectivity index (χ0v) is 11.7. The predicted molar refractivity (Wildman–Crippen MR) is 74.5 cm³/mol. The molecule has 1 aliphatic rings. The van der Waals surface area contributed by atoms with Crippen LogP contribution in [0.4, 0.5) is 11.5 Å². The summed E-state index contributed by atoms with van der Waals surface area (Å²) in [4.78, 5) is 26.7. The molecule has 0 saturated heterocycles. The van der Waals surface area contributed by atoms with Gasteiger partial charge in [-0.15, -0.1) is 0 Å². The van der Waals surface area contributed by atoms with E-state index >= 15 is 0 Å². The van der Waals surface area contributed by atoms with Gasteiger partial charge in [0.1, 0.15) is 0 Å². The summed E-state index contributed by atoms with van der Waals surface area (Å²) in [6.07, 6.45) is 3.08. The summed E-state index contributed by atoms with van der Waals surface area (Å²) in [5.74, 6) is -1.29. The average Bonchev–Trinajstić information content (AvgIpc) is 2.84. The molecule has 2 N–H and O–H groups in total. The van der Waals surface area contributed by atoms with Crippen LogP contribution in [0, 0.1) is 10.1 Å². The molecule has 0 spiro atoms. The first-order chi connectivity index (χ1) is 9.82. The van der Waals surface area contributed by atoms with Gasteiger partial charge in [0.25, 0.3) is 0 Å². The predicted octanol–water partition coefficient (Wildman–Crippen LogP) is 1.43. The van der Waals surface area contributed by atoms with Crippen molar-refractivity contribution in [2.24, 2.45) is 0 Å². The molecule has 0 radical (unpaired) electrons. The molecular formula is C13H17N3O5. The molecule has 8 nitrogen and oxygen atoms in total. The van der Waals surface area contributed by atoms with E-state index in [4.69, 9.17) is 5.11 Å². The first kappa shape index (κ1) is 15.2. The lowest BCUT2D eigenvalue weighted by atomic mass is 10.0. The highest BCUT2D eigenvalue weighted by Gasteiger charge is 2.34. The van der Waals surface area contributed by atoms with Crippen LogP contribution in [-0.2, 0) is 0 Å². The molecule has 0 aliphatic heterocycles. The van der Waals surface area contributed by atoms with Crippen LogP contribution in [-0.4, -0.2) is 45.3 Å². The molecule has 1 heterocycles. The van der Waals surface area contributed by atoms with Gasteiger partial charge in [0, 0.05) is 19.7 Å². The fourth-order valence-corrected chi connectivity index (χ4v) is 2.69. The van der Waals surface area contributed by atoms with E-state index in [2.05, 4.69) is 4.98 Å². The van der Waals surface area contributed by atoms with Crippen LogP contribution < -0.4 is 4.90 Å². The van der Waals surface area contributed by atoms with Gasteiger partial charge in [-0.1, -0.05) is 12.8 Å². The van der Waals surface area contributed by atoms with E-state index < -0.39 is 16.5 Å². The van der Waals surface area contributed by atoms with Gasteiger partial charge >= 0.3 is 11.7 Å². The molecule has 0 bridgehead atoms. The Kier molecular flexibility index (Phi) is 4.08. The molecule has 0 amide bonds. The van der Waals surface area contributed by atoms with Gasteiger partial charge < -0.3 is 15.1 Å². The van der Waals surface area contributed by atoms with E-state index in [9.17, 15) is 20.0 Å². The highest BCUT2D eigenvalue weighted by atomic mass is 16.6. The van der Waals surface area contributed by atoms with Gasteiger partial charge in [0.05, 0.1) is 10.5 Å². The molecule has 2 rings (SSSR count). The average molecular weight is 295 g/mol. The number of carboxylic acids is 1. The highest BCUT2D eigenvalue weighted by Crippen LogP contribution is 2.33. The number of aliphatic hydroxyl groups is 1. The third kappa shape index (κ3) is 3.27. The summed E-state index contributed by atoms with van der Waals surface area (Å²) in [7, 11) is 1.57. The number of carbonyl (C=O) groups is 1. The van der Waals surface area contributed by atoms with Gasteiger partial charge in [-0.25, -0.2) is 9.78 Å². The molecule has 0 unspecified atom stereocenters. The monoisotopic (exact) mass is 295 g/mol. The Morgan fingerprint density at radius 1 is 1.48 bits per heavy atom. The lowest BCUT2D eigenvalue weighted by Gasteiger charge is -2.29. The van der Waals surface area contributed by atoms with Gasteiger partial charge in [0.15, 0.2) is 5.69 Å². The number of aromatic carboxylic acids is 1. The van der Waals surface area contributed by atoms with Crippen molar-refractivity contribution in [1.29, 1.82) is 0 Å². The SMILES string of the molecule is CN(CC1(O)CCCC1)c1nc(C(=O)O)ccc1[N+](=O)[O-]. The second-order valence-electron chi connectivity index (χ2n) is 5.39. The molecule has 1 aromatic heterocycles. The maximum atomic E-state index is 11.1. The van der Waals surface area contributed by atoms with Crippen molar-refractivity contribution in [1.82, 2.24) is 4.98 Å². The van der Waals surface area contributed by atoms with Gasteiger partial charge in [-0.3, -0.25) is 10.1 Å². The minimum atomic E-state index is -1.25. The van der Waals surface area contributed by atoms with Crippen molar-refractivity contribution >= 4 is 17.5 Å². The number of nitro groups is 1. The molecule has 1 saturated carbocycles. The number of rotatable bonds is 5.